The molecule has 1 N–H and O–H groups in total. The second-order valence-electron chi connectivity index (χ2n) is 7.21. The molecule has 0 amide bonds. The summed E-state index contributed by atoms with van der Waals surface area (Å²) in [5.41, 5.74) is -0.243. The summed E-state index contributed by atoms with van der Waals surface area (Å²) in [4.78, 5) is 5.09. The molecule has 0 aromatic heterocycles. The van der Waals surface area contributed by atoms with Crippen LogP contribution < -0.4 is 5.32 Å². The van der Waals surface area contributed by atoms with Crippen molar-refractivity contribution in [1.82, 2.24) is 15.1 Å². The van der Waals surface area contributed by atoms with Crippen molar-refractivity contribution < 1.29 is 0 Å². The highest BCUT2D eigenvalue weighted by Gasteiger charge is 2.43. The molecule has 2 aliphatic carbocycles. The molecular weight excluding hydrogens is 248 g/mol. The summed E-state index contributed by atoms with van der Waals surface area (Å²) in [5.74, 6) is 0. The Kier molecular flexibility index (Phi) is 4.03. The third-order valence-corrected chi connectivity index (χ3v) is 5.35. The van der Waals surface area contributed by atoms with Crippen LogP contribution >= 0.6 is 0 Å². The highest BCUT2D eigenvalue weighted by Crippen LogP contribution is 2.35. The topological polar surface area (TPSA) is 42.3 Å². The van der Waals surface area contributed by atoms with Gasteiger partial charge in [-0.25, -0.2) is 0 Å². The smallest absolute Gasteiger partial charge is 0.108 e. The molecule has 3 unspecified atom stereocenters. The van der Waals surface area contributed by atoms with Crippen molar-refractivity contribution in [3.8, 4) is 6.07 Å². The van der Waals surface area contributed by atoms with Gasteiger partial charge in [0, 0.05) is 37.8 Å². The Morgan fingerprint density at radius 1 is 1.25 bits per heavy atom. The highest BCUT2D eigenvalue weighted by molar-refractivity contribution is 5.13. The van der Waals surface area contributed by atoms with Crippen LogP contribution in [0.4, 0.5) is 0 Å². The summed E-state index contributed by atoms with van der Waals surface area (Å²) in [5, 5.41) is 13.4. The van der Waals surface area contributed by atoms with Crippen LogP contribution in [0.25, 0.3) is 0 Å². The Hall–Kier alpha value is -0.630. The zero-order chi connectivity index (χ0) is 14.2. The minimum atomic E-state index is -0.243. The predicted octanol–water partition coefficient (Wildman–Crippen LogP) is 1.58. The van der Waals surface area contributed by atoms with Gasteiger partial charge >= 0.3 is 0 Å². The number of likely N-dealkylation sites (N-methyl/N-ethyl adjacent to an activating group) is 1. The zero-order valence-corrected chi connectivity index (χ0v) is 12.9. The van der Waals surface area contributed by atoms with E-state index in [4.69, 9.17) is 0 Å². The monoisotopic (exact) mass is 276 g/mol. The molecule has 3 atom stereocenters. The second kappa shape index (κ2) is 5.63. The van der Waals surface area contributed by atoms with Crippen LogP contribution in [-0.4, -0.2) is 60.1 Å². The Morgan fingerprint density at radius 3 is 2.70 bits per heavy atom. The fourth-order valence-electron chi connectivity index (χ4n) is 4.11. The van der Waals surface area contributed by atoms with Gasteiger partial charge in [0.2, 0.25) is 0 Å². The standard InChI is InChI=1S/C16H28N4/c1-13-11-19(2)8-9-20(13)15-4-3-7-16(10-15,12-17)18-14-5-6-14/h13-15,18H,3-11H2,1-2H3. The van der Waals surface area contributed by atoms with Crippen LogP contribution in [0.5, 0.6) is 0 Å². The number of hydrogen-bond acceptors (Lipinski definition) is 4. The number of nitriles is 1. The molecule has 0 radical (unpaired) electrons. The third kappa shape index (κ3) is 3.00. The Labute approximate surface area is 123 Å². The van der Waals surface area contributed by atoms with Gasteiger partial charge in [-0.15, -0.1) is 0 Å². The van der Waals surface area contributed by atoms with E-state index < -0.39 is 0 Å². The zero-order valence-electron chi connectivity index (χ0n) is 12.9. The molecule has 0 aromatic rings. The maximum absolute atomic E-state index is 9.70. The first-order chi connectivity index (χ1) is 9.62. The van der Waals surface area contributed by atoms with Crippen molar-refractivity contribution in [3.05, 3.63) is 0 Å². The van der Waals surface area contributed by atoms with Gasteiger partial charge in [-0.3, -0.25) is 10.2 Å². The molecule has 1 heterocycles. The average Bonchev–Trinajstić information content (AvgIpc) is 3.23. The molecule has 1 aliphatic heterocycles. The number of hydrogen-bond donors (Lipinski definition) is 1. The van der Waals surface area contributed by atoms with E-state index in [1.54, 1.807) is 0 Å². The van der Waals surface area contributed by atoms with Crippen LogP contribution in [0.1, 0.15) is 45.4 Å². The van der Waals surface area contributed by atoms with Gasteiger partial charge in [-0.2, -0.15) is 5.26 Å². The molecule has 0 bridgehead atoms. The van der Waals surface area contributed by atoms with E-state index in [0.29, 0.717) is 18.1 Å². The van der Waals surface area contributed by atoms with Gasteiger partial charge in [-0.1, -0.05) is 0 Å². The van der Waals surface area contributed by atoms with Crippen molar-refractivity contribution in [2.24, 2.45) is 0 Å². The summed E-state index contributed by atoms with van der Waals surface area (Å²) in [7, 11) is 2.21. The lowest BCUT2D eigenvalue weighted by Crippen LogP contribution is -2.59. The summed E-state index contributed by atoms with van der Waals surface area (Å²) in [6, 6.07) is 4.47. The fraction of sp³-hybridized carbons (Fsp3) is 0.938. The maximum Gasteiger partial charge on any atom is 0.108 e. The van der Waals surface area contributed by atoms with Crippen LogP contribution in [0.2, 0.25) is 0 Å². The van der Waals surface area contributed by atoms with Crippen molar-refractivity contribution >= 4 is 0 Å². The molecule has 20 heavy (non-hydrogen) atoms. The van der Waals surface area contributed by atoms with E-state index in [1.807, 2.05) is 0 Å². The molecule has 3 rings (SSSR count). The number of rotatable bonds is 3. The number of nitrogens with zero attached hydrogens (tertiary/aromatic N) is 3. The first-order valence-electron chi connectivity index (χ1n) is 8.25. The first kappa shape index (κ1) is 14.3. The third-order valence-electron chi connectivity index (χ3n) is 5.35. The van der Waals surface area contributed by atoms with Gasteiger partial charge in [0.15, 0.2) is 0 Å². The van der Waals surface area contributed by atoms with Gasteiger partial charge in [0.1, 0.15) is 5.54 Å². The minimum absolute atomic E-state index is 0.243. The van der Waals surface area contributed by atoms with Crippen molar-refractivity contribution in [1.29, 1.82) is 5.26 Å². The highest BCUT2D eigenvalue weighted by atomic mass is 15.3. The second-order valence-corrected chi connectivity index (χ2v) is 7.21. The quantitative estimate of drug-likeness (QED) is 0.850. The molecule has 4 heteroatoms. The average molecular weight is 276 g/mol. The summed E-state index contributed by atoms with van der Waals surface area (Å²) in [6.07, 6.45) is 7.05. The molecule has 0 aromatic carbocycles. The van der Waals surface area contributed by atoms with Crippen molar-refractivity contribution in [3.63, 3.8) is 0 Å². The first-order valence-corrected chi connectivity index (χ1v) is 8.25. The lowest BCUT2D eigenvalue weighted by Gasteiger charge is -2.47. The summed E-state index contributed by atoms with van der Waals surface area (Å²) >= 11 is 0. The van der Waals surface area contributed by atoms with Crippen LogP contribution in [0.3, 0.4) is 0 Å². The predicted molar refractivity (Wildman–Crippen MR) is 80.4 cm³/mol. The minimum Gasteiger partial charge on any atom is -0.304 e. The molecule has 3 aliphatic rings. The fourth-order valence-corrected chi connectivity index (χ4v) is 4.11. The van der Waals surface area contributed by atoms with Crippen molar-refractivity contribution in [2.75, 3.05) is 26.7 Å². The van der Waals surface area contributed by atoms with E-state index in [0.717, 1.165) is 32.5 Å². The molecular formula is C16H28N4. The summed E-state index contributed by atoms with van der Waals surface area (Å²) < 4.78 is 0. The van der Waals surface area contributed by atoms with E-state index in [-0.39, 0.29) is 5.54 Å². The number of nitrogens with one attached hydrogen (secondary N) is 1. The molecule has 1 saturated heterocycles. The lowest BCUT2D eigenvalue weighted by atomic mass is 9.78. The summed E-state index contributed by atoms with van der Waals surface area (Å²) in [6.45, 7) is 5.82. The Morgan fingerprint density at radius 2 is 2.05 bits per heavy atom. The van der Waals surface area contributed by atoms with E-state index >= 15 is 0 Å². The van der Waals surface area contributed by atoms with Crippen LogP contribution in [-0.2, 0) is 0 Å². The van der Waals surface area contributed by atoms with Crippen molar-refractivity contribution in [2.45, 2.75) is 69.1 Å². The normalized spacial score (nSPS) is 40.5. The molecule has 3 fully saturated rings. The van der Waals surface area contributed by atoms with Gasteiger partial charge < -0.3 is 4.90 Å². The molecule has 2 saturated carbocycles. The van der Waals surface area contributed by atoms with Crippen LogP contribution in [0, 0.1) is 11.3 Å². The Balaban J connectivity index is 1.66. The van der Waals surface area contributed by atoms with E-state index in [2.05, 4.69) is 35.2 Å². The largest absolute Gasteiger partial charge is 0.304 e. The molecule has 0 spiro atoms. The van der Waals surface area contributed by atoms with E-state index in [1.165, 1.54) is 25.7 Å². The van der Waals surface area contributed by atoms with Crippen LogP contribution in [0.15, 0.2) is 0 Å². The molecule has 4 nitrogen and oxygen atoms in total. The van der Waals surface area contributed by atoms with Gasteiger partial charge in [0.25, 0.3) is 0 Å². The number of piperazine rings is 1. The lowest BCUT2D eigenvalue weighted by molar-refractivity contribution is 0.0319. The van der Waals surface area contributed by atoms with Gasteiger partial charge in [0.05, 0.1) is 6.07 Å². The van der Waals surface area contributed by atoms with Gasteiger partial charge in [-0.05, 0) is 52.5 Å². The van der Waals surface area contributed by atoms with E-state index in [9.17, 15) is 5.26 Å². The Bertz CT molecular complexity index is 386. The molecule has 112 valence electrons. The SMILES string of the molecule is CC1CN(C)CCN1C1CCCC(C#N)(NC2CC2)C1. The maximum atomic E-state index is 9.70.